The standard InChI is InChI=1S/C89H157N5O32/c1-62-79(109)82(112)70(58-97)124-85(62)120-44-21-29-67(100)27-13-7-4-12-20-42-93-88(115)123-49-26-39-89(37-24-47-118-77(107)33-14-8-5-10-18-40-90-73(103)30-22-45-121-86-63(2)80(110)83(113)71(59-98)125-86,38-25-48-119-78(108)34-15-9-6-11-19-41-91-74(104)31-23-46-122-87-64(3)81(111)84(114)72(60-99)126-87)54-68(101)35-36-75(105)92-43-50-116-51-52-117-61-69(102)28-16-17-32-76(106)94-55-65(56-95)53-66(94)57-96/h62-66,70-72,79-87,95-99,109-114H,4-61H2,1-3H3,(H,90,103)(H,91,104)(H,92,105)(H,93,115)/t62?,63?,64?,65-,66+,70?,71?,72?,79?,80?,81?,82?,83?,84?,85?,86?,87?,89?/m0/s1. The van der Waals surface area contributed by atoms with Crippen LogP contribution in [-0.2, 0) is 95.3 Å². The lowest BCUT2D eigenvalue weighted by Crippen LogP contribution is -2.55. The summed E-state index contributed by atoms with van der Waals surface area (Å²) in [7, 11) is 0. The van der Waals surface area contributed by atoms with E-state index >= 15 is 0 Å². The number of amides is 5. The number of hydrogen-bond donors (Lipinski definition) is 15. The van der Waals surface area contributed by atoms with Crippen LogP contribution in [-0.4, -0.2) is 332 Å². The number of carbonyl (C=O) groups excluding carboxylic acids is 10. The molecule has 37 heteroatoms. The van der Waals surface area contributed by atoms with Gasteiger partial charge in [-0.25, -0.2) is 4.79 Å². The number of ether oxygens (including phenoxy) is 11. The van der Waals surface area contributed by atoms with E-state index in [4.69, 9.17) is 52.1 Å². The first-order valence-electron chi connectivity index (χ1n) is 46.7. The van der Waals surface area contributed by atoms with Crippen LogP contribution in [0.3, 0.4) is 0 Å². The molecule has 4 aliphatic rings. The third kappa shape index (κ3) is 46.9. The molecule has 5 amide bonds. The van der Waals surface area contributed by atoms with Crippen molar-refractivity contribution in [3.05, 3.63) is 0 Å². The Bertz CT molecular complexity index is 2790. The average molecular weight is 1810 g/mol. The zero-order chi connectivity index (χ0) is 92.3. The van der Waals surface area contributed by atoms with Gasteiger partial charge in [0.05, 0.1) is 110 Å². The summed E-state index contributed by atoms with van der Waals surface area (Å²) in [6, 6.07) is -0.308. The van der Waals surface area contributed by atoms with Crippen LogP contribution < -0.4 is 21.3 Å². The Balaban J connectivity index is 1.26. The van der Waals surface area contributed by atoms with Crippen LogP contribution in [0.5, 0.6) is 0 Å². The number of nitrogens with zero attached hydrogens (tertiary/aromatic N) is 1. The second kappa shape index (κ2) is 67.5. The Morgan fingerprint density at radius 3 is 1.21 bits per heavy atom. The highest BCUT2D eigenvalue weighted by Crippen LogP contribution is 2.40. The van der Waals surface area contributed by atoms with E-state index in [0.717, 1.165) is 70.6 Å². The topological polar surface area (TPSA) is 546 Å². The quantitative estimate of drug-likeness (QED) is 0.0234. The van der Waals surface area contributed by atoms with Crippen molar-refractivity contribution in [3.8, 4) is 0 Å². The number of nitrogens with one attached hydrogen (secondary N) is 4. The molecule has 126 heavy (non-hydrogen) atoms. The fraction of sp³-hybridized carbons (Fsp3) is 0.888. The van der Waals surface area contributed by atoms with Gasteiger partial charge in [-0.2, -0.15) is 0 Å². The summed E-state index contributed by atoms with van der Waals surface area (Å²) in [5.41, 5.74) is -0.776. The average Bonchev–Trinajstić information content (AvgIpc) is 1.17. The number of esters is 2. The second-order valence-electron chi connectivity index (χ2n) is 34.4. The summed E-state index contributed by atoms with van der Waals surface area (Å²) >= 11 is 0. The number of likely N-dealkylation sites (tertiary alicyclic amines) is 1. The molecule has 4 fully saturated rings. The van der Waals surface area contributed by atoms with Crippen molar-refractivity contribution in [3.63, 3.8) is 0 Å². The van der Waals surface area contributed by atoms with Crippen molar-refractivity contribution in [1.82, 2.24) is 26.2 Å². The van der Waals surface area contributed by atoms with Gasteiger partial charge in [-0.15, -0.1) is 0 Å². The van der Waals surface area contributed by atoms with Crippen LogP contribution in [0.4, 0.5) is 4.79 Å². The van der Waals surface area contributed by atoms with Gasteiger partial charge in [-0.3, -0.25) is 43.2 Å². The first kappa shape index (κ1) is 113. The number of Topliss-reactive ketones (excluding diaryl/α,β-unsaturated/α-hetero) is 3. The van der Waals surface area contributed by atoms with Gasteiger partial charge in [0.1, 0.15) is 54.8 Å². The molecule has 0 aromatic carbocycles. The molecule has 17 atom stereocenters. The maximum absolute atomic E-state index is 14.2. The third-order valence-electron chi connectivity index (χ3n) is 23.9. The molecule has 730 valence electrons. The van der Waals surface area contributed by atoms with Gasteiger partial charge < -0.3 is 134 Å². The predicted molar refractivity (Wildman–Crippen MR) is 457 cm³/mol. The van der Waals surface area contributed by atoms with Crippen molar-refractivity contribution in [2.45, 2.75) is 345 Å². The lowest BCUT2D eigenvalue weighted by Gasteiger charge is -2.40. The van der Waals surface area contributed by atoms with Crippen LogP contribution in [0.15, 0.2) is 0 Å². The molecule has 4 saturated heterocycles. The number of ketones is 3. The van der Waals surface area contributed by atoms with Crippen molar-refractivity contribution >= 4 is 59.0 Å². The normalized spacial score (nSPS) is 24.7. The SMILES string of the molecule is CC1C(OCCCC(=O)CCCCCCCNC(=O)OCCCC(CCCOC(=O)CCCCCCCNC(=O)CCCOC2OC(CO)C(O)C(O)C2C)(CCCOC(=O)CCCCCCCNC(=O)CCCOC2OC(CO)C(O)C(O)C2C)CC(=O)CCC(=O)NCCOCCOCC(=O)CCCCC(=O)N2C[C@@H](CO)C[C@@H]2CO)OC(CO)C(O)C1O. The molecule has 15 N–H and O–H groups in total. The Kier molecular flexibility index (Phi) is 60.4. The molecule has 4 aliphatic heterocycles. The lowest BCUT2D eigenvalue weighted by atomic mass is 9.71. The van der Waals surface area contributed by atoms with Crippen LogP contribution in [0.2, 0.25) is 0 Å². The van der Waals surface area contributed by atoms with E-state index in [1.165, 1.54) is 0 Å². The number of unbranched alkanes of at least 4 members (excludes halogenated alkanes) is 13. The fourth-order valence-electron chi connectivity index (χ4n) is 16.0. The van der Waals surface area contributed by atoms with Gasteiger partial charge in [0.25, 0.3) is 0 Å². The monoisotopic (exact) mass is 1810 g/mol. The summed E-state index contributed by atoms with van der Waals surface area (Å²) in [4.78, 5) is 131. The first-order valence-corrected chi connectivity index (χ1v) is 46.7. The number of alkyl carbamates (subject to hydrolysis) is 1. The van der Waals surface area contributed by atoms with Gasteiger partial charge in [-0.05, 0) is 121 Å². The van der Waals surface area contributed by atoms with Crippen molar-refractivity contribution in [2.75, 3.05) is 132 Å². The Morgan fingerprint density at radius 2 is 0.738 bits per heavy atom. The van der Waals surface area contributed by atoms with E-state index in [0.29, 0.717) is 142 Å². The molecule has 15 unspecified atom stereocenters. The highest BCUT2D eigenvalue weighted by Gasteiger charge is 2.45. The Hall–Kier alpha value is -5.66. The number of aliphatic hydroxyl groups excluding tert-OH is 11. The van der Waals surface area contributed by atoms with E-state index in [1.54, 1.807) is 25.7 Å². The molecule has 0 aliphatic carbocycles. The van der Waals surface area contributed by atoms with Gasteiger partial charge in [0, 0.05) is 134 Å². The highest BCUT2D eigenvalue weighted by molar-refractivity contribution is 5.85. The molecule has 4 heterocycles. The van der Waals surface area contributed by atoms with Crippen molar-refractivity contribution in [1.29, 1.82) is 0 Å². The Morgan fingerprint density at radius 1 is 0.349 bits per heavy atom. The van der Waals surface area contributed by atoms with Gasteiger partial charge in [-0.1, -0.05) is 78.6 Å². The smallest absolute Gasteiger partial charge is 0.407 e. The van der Waals surface area contributed by atoms with Crippen molar-refractivity contribution in [2.24, 2.45) is 29.1 Å². The molecule has 0 radical (unpaired) electrons. The summed E-state index contributed by atoms with van der Waals surface area (Å²) in [6.45, 7) is 6.15. The van der Waals surface area contributed by atoms with E-state index in [-0.39, 0.29) is 208 Å². The van der Waals surface area contributed by atoms with Crippen LogP contribution >= 0.6 is 0 Å². The Labute approximate surface area is 743 Å². The zero-order valence-corrected chi connectivity index (χ0v) is 75.3. The predicted octanol–water partition coefficient (Wildman–Crippen LogP) is 3.78. The summed E-state index contributed by atoms with van der Waals surface area (Å²) in [5, 5.41) is 120. The van der Waals surface area contributed by atoms with E-state index < -0.39 is 123 Å². The first-order chi connectivity index (χ1) is 60.7. The largest absolute Gasteiger partial charge is 0.466 e. The van der Waals surface area contributed by atoms with Crippen LogP contribution in [0.25, 0.3) is 0 Å². The number of carbonyl (C=O) groups is 10. The lowest BCUT2D eigenvalue weighted by molar-refractivity contribution is -0.282. The van der Waals surface area contributed by atoms with Crippen LogP contribution in [0, 0.1) is 29.1 Å². The van der Waals surface area contributed by atoms with E-state index in [9.17, 15) is 104 Å². The molecule has 0 spiro atoms. The summed E-state index contributed by atoms with van der Waals surface area (Å²) in [6.07, 6.45) is 4.91. The highest BCUT2D eigenvalue weighted by atomic mass is 16.7. The van der Waals surface area contributed by atoms with Crippen LogP contribution in [0.1, 0.15) is 265 Å². The molecular formula is C89H157N5O32. The second-order valence-corrected chi connectivity index (χ2v) is 34.4. The van der Waals surface area contributed by atoms with Gasteiger partial charge in [0.2, 0.25) is 23.6 Å². The number of aliphatic hydroxyl groups is 11. The van der Waals surface area contributed by atoms with Gasteiger partial charge in [0.15, 0.2) is 24.7 Å². The molecular weight excluding hydrogens is 1650 g/mol. The number of rotatable bonds is 74. The zero-order valence-electron chi connectivity index (χ0n) is 75.3. The molecule has 4 rings (SSSR count). The molecule has 0 aromatic rings. The van der Waals surface area contributed by atoms with Crippen molar-refractivity contribution < 1.29 is 156 Å². The summed E-state index contributed by atoms with van der Waals surface area (Å²) in [5.74, 6) is -3.44. The molecule has 0 bridgehead atoms. The minimum absolute atomic E-state index is 0.00402. The minimum atomic E-state index is -1.23. The van der Waals surface area contributed by atoms with E-state index in [1.807, 2.05) is 0 Å². The van der Waals surface area contributed by atoms with E-state index in [2.05, 4.69) is 21.3 Å². The fourth-order valence-corrected chi connectivity index (χ4v) is 16.0. The molecule has 37 nitrogen and oxygen atoms in total. The minimum Gasteiger partial charge on any atom is -0.466 e. The maximum Gasteiger partial charge on any atom is 0.407 e. The number of hydrogen-bond acceptors (Lipinski definition) is 32. The third-order valence-corrected chi connectivity index (χ3v) is 23.9. The summed E-state index contributed by atoms with van der Waals surface area (Å²) < 4.78 is 62.1. The molecule has 0 saturated carbocycles. The van der Waals surface area contributed by atoms with Gasteiger partial charge >= 0.3 is 18.0 Å². The molecule has 0 aromatic heterocycles. The maximum atomic E-state index is 14.2.